The predicted molar refractivity (Wildman–Crippen MR) is 108 cm³/mol. The maximum absolute atomic E-state index is 12.4. The zero-order valence-corrected chi connectivity index (χ0v) is 16.1. The lowest BCUT2D eigenvalue weighted by Gasteiger charge is -2.16. The summed E-state index contributed by atoms with van der Waals surface area (Å²) in [6.07, 6.45) is 0.180. The first-order valence-electron chi connectivity index (χ1n) is 9.14. The van der Waals surface area contributed by atoms with Crippen molar-refractivity contribution in [2.75, 3.05) is 37.8 Å². The maximum atomic E-state index is 12.4. The molecule has 3 rings (SSSR count). The van der Waals surface area contributed by atoms with Crippen molar-refractivity contribution in [3.05, 3.63) is 59.7 Å². The zero-order valence-electron chi connectivity index (χ0n) is 16.1. The van der Waals surface area contributed by atoms with Gasteiger partial charge in [-0.2, -0.15) is 0 Å². The number of benzene rings is 2. The molecule has 146 valence electrons. The Morgan fingerprint density at radius 2 is 1.57 bits per heavy atom. The summed E-state index contributed by atoms with van der Waals surface area (Å²) in [6, 6.07) is 14.5. The van der Waals surface area contributed by atoms with Gasteiger partial charge in [0.1, 0.15) is 0 Å². The third kappa shape index (κ3) is 4.75. The normalized spacial score (nSPS) is 12.8. The Bertz CT molecular complexity index is 895. The van der Waals surface area contributed by atoms with Crippen LogP contribution >= 0.6 is 0 Å². The second-order valence-corrected chi connectivity index (χ2v) is 7.01. The van der Waals surface area contributed by atoms with E-state index >= 15 is 0 Å². The molecule has 2 aromatic carbocycles. The fraction of sp³-hybridized carbons (Fsp3) is 0.286. The molecular formula is C21H24N4O3. The van der Waals surface area contributed by atoms with Crippen LogP contribution in [0.25, 0.3) is 0 Å². The lowest BCUT2D eigenvalue weighted by atomic mass is 10.1. The lowest BCUT2D eigenvalue weighted by Crippen LogP contribution is -2.29. The van der Waals surface area contributed by atoms with E-state index in [9.17, 15) is 14.4 Å². The minimum absolute atomic E-state index is 0.0419. The monoisotopic (exact) mass is 380 g/mol. The first-order valence-corrected chi connectivity index (χ1v) is 9.14. The van der Waals surface area contributed by atoms with Crippen molar-refractivity contribution in [2.45, 2.75) is 13.0 Å². The lowest BCUT2D eigenvalue weighted by molar-refractivity contribution is -0.117. The molecule has 0 saturated carbocycles. The second-order valence-electron chi connectivity index (χ2n) is 7.01. The van der Waals surface area contributed by atoms with Gasteiger partial charge in [-0.05, 0) is 37.9 Å². The molecule has 0 spiro atoms. The van der Waals surface area contributed by atoms with E-state index in [0.29, 0.717) is 30.0 Å². The zero-order chi connectivity index (χ0) is 20.1. The molecular weight excluding hydrogens is 356 g/mol. The summed E-state index contributed by atoms with van der Waals surface area (Å²) in [6.45, 7) is 1.12. The molecule has 7 nitrogen and oxygen atoms in total. The number of para-hydroxylation sites is 2. The van der Waals surface area contributed by atoms with Crippen LogP contribution in [0, 0.1) is 0 Å². The molecule has 0 aliphatic carbocycles. The Kier molecular flexibility index (Phi) is 6.06. The van der Waals surface area contributed by atoms with Crippen molar-refractivity contribution >= 4 is 29.1 Å². The van der Waals surface area contributed by atoms with Crippen LogP contribution in [0.15, 0.2) is 48.5 Å². The maximum Gasteiger partial charge on any atom is 0.254 e. The summed E-state index contributed by atoms with van der Waals surface area (Å²) in [5.74, 6) is -0.412. The van der Waals surface area contributed by atoms with Gasteiger partial charge in [-0.3, -0.25) is 14.4 Å². The Morgan fingerprint density at radius 3 is 2.21 bits per heavy atom. The standard InChI is InChI=1S/C21H24N4O3/c1-24(2)14-20(27)23-18-10-6-5-9-17(18)22-19(26)11-12-25-13-15-7-3-4-8-16(15)21(25)28/h3-10H,11-14H2,1-2H3,(H,22,26)(H,23,27). The number of hydrogen-bond acceptors (Lipinski definition) is 4. The van der Waals surface area contributed by atoms with E-state index < -0.39 is 0 Å². The average Bonchev–Trinajstić information content (AvgIpc) is 2.97. The fourth-order valence-corrected chi connectivity index (χ4v) is 3.12. The molecule has 0 fully saturated rings. The van der Waals surface area contributed by atoms with Crippen molar-refractivity contribution in [1.82, 2.24) is 9.80 Å². The molecule has 2 N–H and O–H groups in total. The Morgan fingerprint density at radius 1 is 0.964 bits per heavy atom. The van der Waals surface area contributed by atoms with E-state index in [2.05, 4.69) is 10.6 Å². The summed E-state index contributed by atoms with van der Waals surface area (Å²) in [7, 11) is 3.62. The van der Waals surface area contributed by atoms with Crippen molar-refractivity contribution in [3.8, 4) is 0 Å². The van der Waals surface area contributed by atoms with Crippen LogP contribution in [0.3, 0.4) is 0 Å². The van der Waals surface area contributed by atoms with E-state index in [4.69, 9.17) is 0 Å². The minimum Gasteiger partial charge on any atom is -0.334 e. The van der Waals surface area contributed by atoms with Gasteiger partial charge in [0, 0.05) is 25.1 Å². The summed E-state index contributed by atoms with van der Waals surface area (Å²) in [4.78, 5) is 40.2. The largest absolute Gasteiger partial charge is 0.334 e. The highest BCUT2D eigenvalue weighted by Gasteiger charge is 2.26. The number of hydrogen-bond donors (Lipinski definition) is 2. The topological polar surface area (TPSA) is 81.8 Å². The average molecular weight is 380 g/mol. The molecule has 1 aliphatic rings. The first kappa shape index (κ1) is 19.6. The molecule has 0 radical (unpaired) electrons. The molecule has 1 aliphatic heterocycles. The van der Waals surface area contributed by atoms with Gasteiger partial charge < -0.3 is 20.4 Å². The molecule has 2 aromatic rings. The van der Waals surface area contributed by atoms with Crippen molar-refractivity contribution in [1.29, 1.82) is 0 Å². The van der Waals surface area contributed by atoms with Crippen LogP contribution in [-0.2, 0) is 16.1 Å². The number of nitrogens with one attached hydrogen (secondary N) is 2. The van der Waals surface area contributed by atoms with Gasteiger partial charge >= 0.3 is 0 Å². The van der Waals surface area contributed by atoms with Gasteiger partial charge in [0.25, 0.3) is 5.91 Å². The molecule has 7 heteroatoms. The molecule has 1 heterocycles. The number of carbonyl (C=O) groups is 3. The van der Waals surface area contributed by atoms with Gasteiger partial charge in [0.2, 0.25) is 11.8 Å². The van der Waals surface area contributed by atoms with E-state index in [0.717, 1.165) is 5.56 Å². The number of carbonyl (C=O) groups excluding carboxylic acids is 3. The summed E-state index contributed by atoms with van der Waals surface area (Å²) in [5, 5.41) is 5.63. The highest BCUT2D eigenvalue weighted by Crippen LogP contribution is 2.23. The van der Waals surface area contributed by atoms with Crippen LogP contribution in [0.2, 0.25) is 0 Å². The molecule has 0 aromatic heterocycles. The highest BCUT2D eigenvalue weighted by atomic mass is 16.2. The van der Waals surface area contributed by atoms with Gasteiger partial charge in [0.05, 0.1) is 17.9 Å². The molecule has 0 atom stereocenters. The van der Waals surface area contributed by atoms with Gasteiger partial charge in [-0.15, -0.1) is 0 Å². The van der Waals surface area contributed by atoms with Crippen LogP contribution in [0.4, 0.5) is 11.4 Å². The third-order valence-corrected chi connectivity index (χ3v) is 4.44. The Labute approximate surface area is 164 Å². The summed E-state index contributed by atoms with van der Waals surface area (Å²) in [5.41, 5.74) is 2.78. The minimum atomic E-state index is -0.210. The fourth-order valence-electron chi connectivity index (χ4n) is 3.12. The number of likely N-dealkylation sites (N-methyl/N-ethyl adjacent to an activating group) is 1. The number of anilines is 2. The summed E-state index contributed by atoms with van der Waals surface area (Å²) >= 11 is 0. The highest BCUT2D eigenvalue weighted by molar-refractivity contribution is 6.01. The number of fused-ring (bicyclic) bond motifs is 1. The second kappa shape index (κ2) is 8.67. The number of amides is 3. The van der Waals surface area contributed by atoms with Crippen LogP contribution < -0.4 is 10.6 Å². The smallest absolute Gasteiger partial charge is 0.254 e. The molecule has 0 unspecified atom stereocenters. The summed E-state index contributed by atoms with van der Waals surface area (Å²) < 4.78 is 0. The van der Waals surface area contributed by atoms with E-state index in [1.807, 2.05) is 38.4 Å². The van der Waals surface area contributed by atoms with E-state index in [-0.39, 0.29) is 30.7 Å². The van der Waals surface area contributed by atoms with Gasteiger partial charge in [-0.1, -0.05) is 30.3 Å². The van der Waals surface area contributed by atoms with Crippen LogP contribution in [-0.4, -0.2) is 54.7 Å². The number of rotatable bonds is 7. The van der Waals surface area contributed by atoms with Crippen molar-refractivity contribution in [3.63, 3.8) is 0 Å². The van der Waals surface area contributed by atoms with Crippen LogP contribution in [0.1, 0.15) is 22.3 Å². The predicted octanol–water partition coefficient (Wildman–Crippen LogP) is 2.17. The van der Waals surface area contributed by atoms with Gasteiger partial charge in [-0.25, -0.2) is 0 Å². The SMILES string of the molecule is CN(C)CC(=O)Nc1ccccc1NC(=O)CCN1Cc2ccccc2C1=O. The van der Waals surface area contributed by atoms with Crippen molar-refractivity contribution < 1.29 is 14.4 Å². The third-order valence-electron chi connectivity index (χ3n) is 4.44. The molecule has 28 heavy (non-hydrogen) atoms. The Hall–Kier alpha value is -3.19. The number of nitrogens with zero attached hydrogens (tertiary/aromatic N) is 2. The first-order chi connectivity index (χ1) is 13.4. The van der Waals surface area contributed by atoms with Gasteiger partial charge in [0.15, 0.2) is 0 Å². The van der Waals surface area contributed by atoms with Crippen molar-refractivity contribution in [2.24, 2.45) is 0 Å². The van der Waals surface area contributed by atoms with E-state index in [1.54, 1.807) is 34.1 Å². The quantitative estimate of drug-likeness (QED) is 0.771. The van der Waals surface area contributed by atoms with Crippen LogP contribution in [0.5, 0.6) is 0 Å². The Balaban J connectivity index is 1.56. The van der Waals surface area contributed by atoms with E-state index in [1.165, 1.54) is 0 Å². The molecule has 0 bridgehead atoms. The molecule has 3 amide bonds. The molecule has 0 saturated heterocycles.